The van der Waals surface area contributed by atoms with Crippen molar-refractivity contribution in [1.29, 1.82) is 0 Å². The first kappa shape index (κ1) is 19.0. The van der Waals surface area contributed by atoms with Gasteiger partial charge in [0.25, 0.3) is 0 Å². The third kappa shape index (κ3) is 5.61. The molecule has 1 aromatic carbocycles. The summed E-state index contributed by atoms with van der Waals surface area (Å²) < 4.78 is 4.29. The predicted octanol–water partition coefficient (Wildman–Crippen LogP) is 3.18. The molecule has 0 saturated carbocycles. The van der Waals surface area contributed by atoms with E-state index in [4.69, 9.17) is 4.99 Å². The van der Waals surface area contributed by atoms with Crippen molar-refractivity contribution in [2.24, 2.45) is 4.99 Å². The largest absolute Gasteiger partial charge is 0.357 e. The van der Waals surface area contributed by atoms with Gasteiger partial charge in [-0.2, -0.15) is 5.10 Å². The van der Waals surface area contributed by atoms with Crippen molar-refractivity contribution in [2.75, 3.05) is 19.6 Å². The van der Waals surface area contributed by atoms with E-state index in [2.05, 4.69) is 76.9 Å². The quantitative estimate of drug-likeness (QED) is 0.347. The van der Waals surface area contributed by atoms with Gasteiger partial charge in [0.2, 0.25) is 0 Å². The van der Waals surface area contributed by atoms with Gasteiger partial charge in [0, 0.05) is 50.6 Å². The van der Waals surface area contributed by atoms with Gasteiger partial charge in [0.15, 0.2) is 5.96 Å². The molecule has 0 unspecified atom stereocenters. The van der Waals surface area contributed by atoms with Gasteiger partial charge in [-0.05, 0) is 49.8 Å². The van der Waals surface area contributed by atoms with E-state index >= 15 is 0 Å². The fourth-order valence-electron chi connectivity index (χ4n) is 3.15. The van der Waals surface area contributed by atoms with Crippen LogP contribution in [0, 0.1) is 6.92 Å². The lowest BCUT2D eigenvalue weighted by molar-refractivity contribution is 0.569. The smallest absolute Gasteiger partial charge is 0.191 e. The fraction of sp³-hybridized carbons (Fsp3) is 0.429. The summed E-state index contributed by atoms with van der Waals surface area (Å²) in [5.41, 5.74) is 2.49. The van der Waals surface area contributed by atoms with Crippen molar-refractivity contribution >= 4 is 16.9 Å². The van der Waals surface area contributed by atoms with E-state index in [1.54, 1.807) is 0 Å². The lowest BCUT2D eigenvalue weighted by Crippen LogP contribution is -2.38. The Kier molecular flexibility index (Phi) is 6.90. The number of aromatic nitrogens is 3. The van der Waals surface area contributed by atoms with Gasteiger partial charge >= 0.3 is 0 Å². The molecule has 0 saturated heterocycles. The van der Waals surface area contributed by atoms with E-state index in [0.717, 1.165) is 51.5 Å². The molecule has 0 fully saturated rings. The minimum absolute atomic E-state index is 0.806. The number of benzene rings is 1. The van der Waals surface area contributed by atoms with Crippen molar-refractivity contribution in [3.63, 3.8) is 0 Å². The molecule has 27 heavy (non-hydrogen) atoms. The number of hydrogen-bond donors (Lipinski definition) is 2. The van der Waals surface area contributed by atoms with Crippen molar-refractivity contribution in [3.8, 4) is 0 Å². The Morgan fingerprint density at radius 3 is 2.81 bits per heavy atom. The minimum atomic E-state index is 0.806. The van der Waals surface area contributed by atoms with Crippen LogP contribution in [0.2, 0.25) is 0 Å². The van der Waals surface area contributed by atoms with Crippen molar-refractivity contribution < 1.29 is 0 Å². The van der Waals surface area contributed by atoms with Crippen LogP contribution in [0.15, 0.2) is 53.9 Å². The number of para-hydroxylation sites is 1. The van der Waals surface area contributed by atoms with Crippen LogP contribution in [-0.4, -0.2) is 39.9 Å². The second kappa shape index (κ2) is 9.80. The SMILES string of the molecule is CCNC(=NCCCn1ccc2ccccc21)NCCCn1cc(C)cn1. The lowest BCUT2D eigenvalue weighted by Gasteiger charge is -2.11. The molecule has 2 heterocycles. The van der Waals surface area contributed by atoms with Crippen LogP contribution in [-0.2, 0) is 13.1 Å². The summed E-state index contributed by atoms with van der Waals surface area (Å²) in [6, 6.07) is 10.7. The molecule has 6 heteroatoms. The topological polar surface area (TPSA) is 59.2 Å². The number of fused-ring (bicyclic) bond motifs is 1. The summed E-state index contributed by atoms with van der Waals surface area (Å²) in [5, 5.41) is 12.3. The molecule has 0 aliphatic rings. The molecule has 2 aromatic heterocycles. The first-order valence-electron chi connectivity index (χ1n) is 9.81. The maximum absolute atomic E-state index is 4.70. The highest BCUT2D eigenvalue weighted by atomic mass is 15.3. The highest BCUT2D eigenvalue weighted by Crippen LogP contribution is 2.15. The highest BCUT2D eigenvalue weighted by Gasteiger charge is 2.01. The zero-order valence-electron chi connectivity index (χ0n) is 16.4. The summed E-state index contributed by atoms with van der Waals surface area (Å²) in [6.45, 7) is 8.61. The van der Waals surface area contributed by atoms with Gasteiger partial charge in [0.1, 0.15) is 0 Å². The first-order chi connectivity index (χ1) is 13.3. The Bertz CT molecular complexity index is 860. The van der Waals surface area contributed by atoms with Crippen LogP contribution in [0.4, 0.5) is 0 Å². The zero-order chi connectivity index (χ0) is 18.9. The van der Waals surface area contributed by atoms with Crippen LogP contribution >= 0.6 is 0 Å². The summed E-state index contributed by atoms with van der Waals surface area (Å²) >= 11 is 0. The first-order valence-corrected chi connectivity index (χ1v) is 9.81. The maximum atomic E-state index is 4.70. The average molecular weight is 367 g/mol. The number of aliphatic imine (C=N–C) groups is 1. The third-order valence-electron chi connectivity index (χ3n) is 4.47. The second-order valence-corrected chi connectivity index (χ2v) is 6.74. The Morgan fingerprint density at radius 2 is 2.00 bits per heavy atom. The van der Waals surface area contributed by atoms with Crippen molar-refractivity contribution in [3.05, 3.63) is 54.5 Å². The summed E-state index contributed by atoms with van der Waals surface area (Å²) in [5.74, 6) is 0.895. The van der Waals surface area contributed by atoms with Gasteiger partial charge in [-0.1, -0.05) is 18.2 Å². The van der Waals surface area contributed by atoms with Crippen molar-refractivity contribution in [1.82, 2.24) is 25.0 Å². The molecule has 144 valence electrons. The van der Waals surface area contributed by atoms with E-state index in [9.17, 15) is 0 Å². The molecule has 0 aliphatic heterocycles. The van der Waals surface area contributed by atoms with E-state index in [1.165, 1.54) is 16.5 Å². The number of rotatable bonds is 9. The third-order valence-corrected chi connectivity index (χ3v) is 4.47. The predicted molar refractivity (Wildman–Crippen MR) is 112 cm³/mol. The van der Waals surface area contributed by atoms with Gasteiger partial charge < -0.3 is 15.2 Å². The summed E-state index contributed by atoms with van der Waals surface area (Å²) in [4.78, 5) is 4.70. The molecule has 3 rings (SSSR count). The molecule has 0 spiro atoms. The number of nitrogens with one attached hydrogen (secondary N) is 2. The molecule has 0 amide bonds. The summed E-state index contributed by atoms with van der Waals surface area (Å²) in [7, 11) is 0. The Labute approximate surface area is 161 Å². The van der Waals surface area contributed by atoms with Crippen LogP contribution in [0.3, 0.4) is 0 Å². The lowest BCUT2D eigenvalue weighted by atomic mass is 10.2. The minimum Gasteiger partial charge on any atom is -0.357 e. The van der Waals surface area contributed by atoms with Crippen molar-refractivity contribution in [2.45, 2.75) is 39.8 Å². The monoisotopic (exact) mass is 366 g/mol. The summed E-state index contributed by atoms with van der Waals surface area (Å²) in [6.07, 6.45) is 8.16. The highest BCUT2D eigenvalue weighted by molar-refractivity contribution is 5.80. The molecular weight excluding hydrogens is 336 g/mol. The Morgan fingerprint density at radius 1 is 1.11 bits per heavy atom. The standard InChI is InChI=1S/C21H30N6/c1-3-22-21(24-12-7-14-27-17-18(2)16-25-27)23-11-6-13-26-15-10-19-8-4-5-9-20(19)26/h4-5,8-10,15-17H,3,6-7,11-14H2,1-2H3,(H2,22,23,24). The Hall–Kier alpha value is -2.76. The van der Waals surface area contributed by atoms with E-state index in [1.807, 2.05) is 10.9 Å². The Balaban J connectivity index is 1.41. The van der Waals surface area contributed by atoms with Crippen LogP contribution < -0.4 is 10.6 Å². The second-order valence-electron chi connectivity index (χ2n) is 6.74. The number of nitrogens with zero attached hydrogens (tertiary/aromatic N) is 4. The van der Waals surface area contributed by atoms with Crippen LogP contribution in [0.1, 0.15) is 25.3 Å². The normalized spacial score (nSPS) is 11.9. The maximum Gasteiger partial charge on any atom is 0.191 e. The van der Waals surface area contributed by atoms with Crippen LogP contribution in [0.25, 0.3) is 10.9 Å². The molecule has 6 nitrogen and oxygen atoms in total. The molecule has 0 radical (unpaired) electrons. The van der Waals surface area contributed by atoms with E-state index in [0.29, 0.717) is 0 Å². The molecule has 0 atom stereocenters. The van der Waals surface area contributed by atoms with Gasteiger partial charge in [-0.25, -0.2) is 0 Å². The van der Waals surface area contributed by atoms with Gasteiger partial charge in [-0.15, -0.1) is 0 Å². The molecule has 0 aliphatic carbocycles. The van der Waals surface area contributed by atoms with Gasteiger partial charge in [0.05, 0.1) is 6.20 Å². The molecule has 0 bridgehead atoms. The van der Waals surface area contributed by atoms with E-state index in [-0.39, 0.29) is 0 Å². The number of guanidine groups is 1. The number of aryl methyl sites for hydroxylation is 3. The molecular formula is C21H30N6. The fourth-order valence-corrected chi connectivity index (χ4v) is 3.15. The average Bonchev–Trinajstić information content (AvgIpc) is 3.28. The molecule has 2 N–H and O–H groups in total. The van der Waals surface area contributed by atoms with E-state index < -0.39 is 0 Å². The van der Waals surface area contributed by atoms with Gasteiger partial charge in [-0.3, -0.25) is 9.67 Å². The molecule has 3 aromatic rings. The number of hydrogen-bond acceptors (Lipinski definition) is 2. The van der Waals surface area contributed by atoms with Crippen LogP contribution in [0.5, 0.6) is 0 Å². The zero-order valence-corrected chi connectivity index (χ0v) is 16.4.